The summed E-state index contributed by atoms with van der Waals surface area (Å²) in [5.41, 5.74) is 5.89. The molecule has 0 fully saturated rings. The molecule has 0 spiro atoms. The molecule has 5 heteroatoms. The summed E-state index contributed by atoms with van der Waals surface area (Å²) < 4.78 is 0. The third-order valence-electron chi connectivity index (χ3n) is 1.22. The van der Waals surface area contributed by atoms with Gasteiger partial charge in [0.15, 0.2) is 0 Å². The first-order valence-electron chi connectivity index (χ1n) is 3.69. The van der Waals surface area contributed by atoms with E-state index < -0.39 is 0 Å². The minimum Gasteiger partial charge on any atom is -0.394 e. The van der Waals surface area contributed by atoms with E-state index in [9.17, 15) is 4.79 Å². The number of rotatable bonds is 4. The van der Waals surface area contributed by atoms with Gasteiger partial charge in [0, 0.05) is 6.92 Å². The van der Waals surface area contributed by atoms with Gasteiger partial charge in [0.1, 0.15) is 5.82 Å². The van der Waals surface area contributed by atoms with Gasteiger partial charge in [-0.15, -0.1) is 0 Å². The highest BCUT2D eigenvalue weighted by molar-refractivity contribution is 5.96. The fourth-order valence-corrected chi connectivity index (χ4v) is 0.647. The molecule has 0 unspecified atom stereocenters. The van der Waals surface area contributed by atoms with Crippen molar-refractivity contribution in [1.82, 2.24) is 10.6 Å². The number of carbonyl (C=O) groups excluding carboxylic acids is 1. The molecular weight excluding hydrogens is 168 g/mol. The van der Waals surface area contributed by atoms with Crippen molar-refractivity contribution in [2.45, 2.75) is 13.8 Å². The molecule has 13 heavy (non-hydrogen) atoms. The van der Waals surface area contributed by atoms with Crippen molar-refractivity contribution >= 4 is 11.6 Å². The Balaban J connectivity index is 4.75. The first-order chi connectivity index (χ1) is 5.99. The van der Waals surface area contributed by atoms with Crippen molar-refractivity contribution < 1.29 is 4.79 Å². The molecule has 0 heterocycles. The van der Waals surface area contributed by atoms with Gasteiger partial charge < -0.3 is 21.8 Å². The van der Waals surface area contributed by atoms with Gasteiger partial charge in [-0.05, 0) is 13.1 Å². The molecule has 0 aromatic heterocycles. The lowest BCUT2D eigenvalue weighted by Crippen LogP contribution is -2.32. The van der Waals surface area contributed by atoms with Crippen molar-refractivity contribution in [2.75, 3.05) is 0 Å². The molecule has 0 saturated heterocycles. The highest BCUT2D eigenvalue weighted by Crippen LogP contribution is 1.92. The van der Waals surface area contributed by atoms with E-state index in [1.807, 2.05) is 0 Å². The topological polar surface area (TPSA) is 91.0 Å². The predicted octanol–water partition coefficient (Wildman–Crippen LogP) is 0.0231. The molecule has 1 amide bonds. The Bertz CT molecular complexity index is 267. The first kappa shape index (κ1) is 11.2. The summed E-state index contributed by atoms with van der Waals surface area (Å²) in [6.45, 7) is 6.32. The van der Waals surface area contributed by atoms with Crippen LogP contribution in [0, 0.1) is 5.41 Å². The van der Waals surface area contributed by atoms with Gasteiger partial charge in [0.05, 0.1) is 11.4 Å². The second-order valence-corrected chi connectivity index (χ2v) is 2.44. The average Bonchev–Trinajstić information content (AvgIpc) is 2.01. The number of carbonyl (C=O) groups is 1. The van der Waals surface area contributed by atoms with Crippen LogP contribution >= 0.6 is 0 Å². The fraction of sp³-hybridized carbons (Fsp3) is 0.250. The highest BCUT2D eigenvalue weighted by Gasteiger charge is 2.04. The number of hydrogen-bond acceptors (Lipinski definition) is 4. The Kier molecular flexibility index (Phi) is 4.29. The molecule has 0 aliphatic carbocycles. The zero-order valence-electron chi connectivity index (χ0n) is 7.77. The highest BCUT2D eigenvalue weighted by atomic mass is 16.1. The Hall–Kier alpha value is -1.78. The number of amides is 1. The molecule has 0 saturated carbocycles. The van der Waals surface area contributed by atoms with E-state index in [0.717, 1.165) is 0 Å². The van der Waals surface area contributed by atoms with Crippen molar-refractivity contribution in [3.8, 4) is 0 Å². The molecule has 5 nitrogen and oxygen atoms in total. The fourth-order valence-electron chi connectivity index (χ4n) is 0.647. The monoisotopic (exact) mass is 182 g/mol. The molecule has 0 bridgehead atoms. The molecule has 0 aliphatic heterocycles. The standard InChI is InChI=1S/C8H14N4O/c1-4-11-8(12-6(3)13)7(10)5(2)9/h4,9,11H,1,10H2,2-3H3,(H,12,13)/b8-7+,9-5?. The first-order valence-corrected chi connectivity index (χ1v) is 3.69. The van der Waals surface area contributed by atoms with Crippen LogP contribution in [0.4, 0.5) is 0 Å². The van der Waals surface area contributed by atoms with Crippen molar-refractivity contribution in [3.63, 3.8) is 0 Å². The van der Waals surface area contributed by atoms with E-state index in [2.05, 4.69) is 17.2 Å². The van der Waals surface area contributed by atoms with Crippen molar-refractivity contribution in [2.24, 2.45) is 5.73 Å². The van der Waals surface area contributed by atoms with Gasteiger partial charge in [-0.25, -0.2) is 0 Å². The Labute approximate surface area is 77.2 Å². The Morgan fingerprint density at radius 3 is 2.38 bits per heavy atom. The van der Waals surface area contributed by atoms with Crippen LogP contribution in [0.25, 0.3) is 0 Å². The van der Waals surface area contributed by atoms with Gasteiger partial charge in [-0.2, -0.15) is 0 Å². The molecule has 0 atom stereocenters. The zero-order valence-corrected chi connectivity index (χ0v) is 7.77. The summed E-state index contributed by atoms with van der Waals surface area (Å²) in [5.74, 6) is 0.0311. The third-order valence-corrected chi connectivity index (χ3v) is 1.22. The van der Waals surface area contributed by atoms with Crippen LogP contribution in [-0.4, -0.2) is 11.6 Å². The lowest BCUT2D eigenvalue weighted by atomic mass is 10.3. The molecule has 0 aromatic carbocycles. The van der Waals surface area contributed by atoms with Crippen LogP contribution in [0.3, 0.4) is 0 Å². The third kappa shape index (κ3) is 3.95. The largest absolute Gasteiger partial charge is 0.394 e. The summed E-state index contributed by atoms with van der Waals surface area (Å²) in [4.78, 5) is 10.7. The second kappa shape index (κ2) is 4.97. The van der Waals surface area contributed by atoms with Crippen LogP contribution in [0.2, 0.25) is 0 Å². The molecule has 72 valence electrons. The minimum absolute atomic E-state index is 0.179. The summed E-state index contributed by atoms with van der Waals surface area (Å²) in [7, 11) is 0. The maximum absolute atomic E-state index is 10.7. The molecule has 5 N–H and O–H groups in total. The Morgan fingerprint density at radius 1 is 1.54 bits per heavy atom. The normalized spacial score (nSPS) is 11.2. The summed E-state index contributed by atoms with van der Waals surface area (Å²) in [6, 6.07) is 0. The average molecular weight is 182 g/mol. The van der Waals surface area contributed by atoms with Crippen LogP contribution in [-0.2, 0) is 4.79 Å². The lowest BCUT2D eigenvalue weighted by Gasteiger charge is -2.10. The smallest absolute Gasteiger partial charge is 0.222 e. The quantitative estimate of drug-likeness (QED) is 0.462. The number of nitrogens with two attached hydrogens (primary N) is 1. The van der Waals surface area contributed by atoms with E-state index in [4.69, 9.17) is 11.1 Å². The van der Waals surface area contributed by atoms with Crippen LogP contribution in [0.5, 0.6) is 0 Å². The van der Waals surface area contributed by atoms with E-state index in [-0.39, 0.29) is 23.1 Å². The lowest BCUT2D eigenvalue weighted by molar-refractivity contribution is -0.118. The number of nitrogens with one attached hydrogen (secondary N) is 3. The molecule has 0 aliphatic rings. The van der Waals surface area contributed by atoms with Gasteiger partial charge >= 0.3 is 0 Å². The molecular formula is C8H14N4O. The second-order valence-electron chi connectivity index (χ2n) is 2.44. The van der Waals surface area contributed by atoms with Crippen molar-refractivity contribution in [3.05, 3.63) is 24.3 Å². The Morgan fingerprint density at radius 2 is 2.08 bits per heavy atom. The molecule has 0 radical (unpaired) electrons. The molecule has 0 rings (SSSR count). The van der Waals surface area contributed by atoms with Gasteiger partial charge in [0.25, 0.3) is 0 Å². The number of allylic oxidation sites excluding steroid dienone is 1. The van der Waals surface area contributed by atoms with E-state index in [0.29, 0.717) is 0 Å². The van der Waals surface area contributed by atoms with E-state index >= 15 is 0 Å². The SMILES string of the molecule is C=CN/C(NC(C)=O)=C(\N)C(C)=N. The van der Waals surface area contributed by atoms with Gasteiger partial charge in [-0.1, -0.05) is 6.58 Å². The maximum Gasteiger partial charge on any atom is 0.222 e. The van der Waals surface area contributed by atoms with Gasteiger partial charge in [-0.3, -0.25) is 4.79 Å². The summed E-state index contributed by atoms with van der Waals surface area (Å²) in [5, 5.41) is 12.3. The van der Waals surface area contributed by atoms with E-state index in [1.165, 1.54) is 20.0 Å². The van der Waals surface area contributed by atoms with Crippen molar-refractivity contribution in [1.29, 1.82) is 5.41 Å². The van der Waals surface area contributed by atoms with E-state index in [1.54, 1.807) is 0 Å². The zero-order chi connectivity index (χ0) is 10.4. The van der Waals surface area contributed by atoms with Gasteiger partial charge in [0.2, 0.25) is 5.91 Å². The number of hydrogen-bond donors (Lipinski definition) is 4. The van der Waals surface area contributed by atoms with Crippen LogP contribution in [0.15, 0.2) is 24.3 Å². The summed E-state index contributed by atoms with van der Waals surface area (Å²) in [6.07, 6.45) is 1.38. The molecule has 0 aromatic rings. The van der Waals surface area contributed by atoms with Crippen LogP contribution < -0.4 is 16.4 Å². The predicted molar refractivity (Wildman–Crippen MR) is 51.8 cm³/mol. The minimum atomic E-state index is -0.256. The van der Waals surface area contributed by atoms with Crippen LogP contribution in [0.1, 0.15) is 13.8 Å². The summed E-state index contributed by atoms with van der Waals surface area (Å²) >= 11 is 0. The maximum atomic E-state index is 10.7.